The summed E-state index contributed by atoms with van der Waals surface area (Å²) in [5.41, 5.74) is 6.98. The maximum atomic E-state index is 7.66. The Kier molecular flexibility index (Phi) is 3.35. The molecule has 20 heavy (non-hydrogen) atoms. The number of ether oxygens (including phenoxy) is 1. The minimum atomic E-state index is -0.0376. The number of para-hydroxylation sites is 1. The van der Waals surface area contributed by atoms with E-state index >= 15 is 0 Å². The van der Waals surface area contributed by atoms with Crippen LogP contribution in [-0.4, -0.2) is 10.8 Å². The summed E-state index contributed by atoms with van der Waals surface area (Å²) in [6.45, 7) is 0.434. The van der Waals surface area contributed by atoms with E-state index in [1.54, 1.807) is 11.3 Å². The molecule has 0 amide bonds. The molecule has 0 atom stereocenters. The van der Waals surface area contributed by atoms with Crippen LogP contribution in [0.25, 0.3) is 10.9 Å². The molecule has 4 nitrogen and oxygen atoms in total. The average Bonchev–Trinajstić information content (AvgIpc) is 2.97. The summed E-state index contributed by atoms with van der Waals surface area (Å²) >= 11 is 1.62. The van der Waals surface area contributed by atoms with Gasteiger partial charge in [-0.1, -0.05) is 24.3 Å². The fourth-order valence-corrected chi connectivity index (χ4v) is 2.55. The molecule has 0 unspecified atom stereocenters. The Morgan fingerprint density at radius 1 is 1.25 bits per heavy atom. The second-order valence-corrected chi connectivity index (χ2v) is 5.35. The molecule has 0 bridgehead atoms. The van der Waals surface area contributed by atoms with Gasteiger partial charge in [-0.15, -0.1) is 11.3 Å². The zero-order valence-electron chi connectivity index (χ0n) is 10.7. The maximum Gasteiger partial charge on any atom is 0.225 e. The number of pyridine rings is 1. The van der Waals surface area contributed by atoms with Gasteiger partial charge in [0, 0.05) is 10.3 Å². The Morgan fingerprint density at radius 2 is 2.10 bits per heavy atom. The molecule has 0 radical (unpaired) electrons. The highest BCUT2D eigenvalue weighted by molar-refractivity contribution is 7.09. The van der Waals surface area contributed by atoms with Crippen LogP contribution in [0.5, 0.6) is 5.88 Å². The Morgan fingerprint density at radius 3 is 2.85 bits per heavy atom. The van der Waals surface area contributed by atoms with Gasteiger partial charge in [-0.3, -0.25) is 5.41 Å². The van der Waals surface area contributed by atoms with Crippen LogP contribution < -0.4 is 10.5 Å². The summed E-state index contributed by atoms with van der Waals surface area (Å²) < 4.78 is 5.73. The van der Waals surface area contributed by atoms with Crippen molar-refractivity contribution in [3.05, 3.63) is 58.3 Å². The van der Waals surface area contributed by atoms with Crippen molar-refractivity contribution in [1.82, 2.24) is 4.98 Å². The quantitative estimate of drug-likeness (QED) is 0.570. The van der Waals surface area contributed by atoms with Gasteiger partial charge in [0.1, 0.15) is 12.4 Å². The van der Waals surface area contributed by atoms with Crippen molar-refractivity contribution in [1.29, 1.82) is 5.41 Å². The third-order valence-electron chi connectivity index (χ3n) is 2.91. The Labute approximate surface area is 120 Å². The van der Waals surface area contributed by atoms with Crippen molar-refractivity contribution in [2.24, 2.45) is 5.73 Å². The highest BCUT2D eigenvalue weighted by atomic mass is 32.1. The molecule has 0 spiro atoms. The maximum absolute atomic E-state index is 7.66. The number of rotatable bonds is 4. The van der Waals surface area contributed by atoms with E-state index in [4.69, 9.17) is 15.9 Å². The summed E-state index contributed by atoms with van der Waals surface area (Å²) in [7, 11) is 0. The van der Waals surface area contributed by atoms with Gasteiger partial charge >= 0.3 is 0 Å². The number of amidine groups is 1. The van der Waals surface area contributed by atoms with Crippen LogP contribution in [0.2, 0.25) is 0 Å². The molecule has 2 aromatic heterocycles. The number of nitrogens with one attached hydrogen (secondary N) is 1. The molecule has 2 heterocycles. The van der Waals surface area contributed by atoms with E-state index in [1.807, 2.05) is 47.8 Å². The van der Waals surface area contributed by atoms with Crippen molar-refractivity contribution in [2.75, 3.05) is 0 Å². The molecule has 0 aliphatic carbocycles. The predicted molar refractivity (Wildman–Crippen MR) is 81.4 cm³/mol. The molecule has 0 fully saturated rings. The third-order valence-corrected chi connectivity index (χ3v) is 3.76. The van der Waals surface area contributed by atoms with Gasteiger partial charge in [-0.2, -0.15) is 0 Å². The van der Waals surface area contributed by atoms with E-state index < -0.39 is 0 Å². The van der Waals surface area contributed by atoms with Gasteiger partial charge in [-0.25, -0.2) is 4.98 Å². The monoisotopic (exact) mass is 283 g/mol. The summed E-state index contributed by atoms with van der Waals surface area (Å²) in [6.07, 6.45) is 0. The van der Waals surface area contributed by atoms with Crippen molar-refractivity contribution in [3.8, 4) is 5.88 Å². The van der Waals surface area contributed by atoms with E-state index in [-0.39, 0.29) is 5.84 Å². The summed E-state index contributed by atoms with van der Waals surface area (Å²) in [5, 5.41) is 10.6. The zero-order valence-corrected chi connectivity index (χ0v) is 11.5. The minimum absolute atomic E-state index is 0.0376. The van der Waals surface area contributed by atoms with E-state index in [2.05, 4.69) is 4.98 Å². The van der Waals surface area contributed by atoms with Gasteiger partial charge in [0.25, 0.3) is 0 Å². The summed E-state index contributed by atoms with van der Waals surface area (Å²) in [6, 6.07) is 13.5. The molecule has 1 aromatic carbocycles. The first-order valence-electron chi connectivity index (χ1n) is 6.13. The van der Waals surface area contributed by atoms with E-state index in [9.17, 15) is 0 Å². The van der Waals surface area contributed by atoms with Crippen LogP contribution in [-0.2, 0) is 6.61 Å². The first-order chi connectivity index (χ1) is 9.74. The van der Waals surface area contributed by atoms with Crippen molar-refractivity contribution < 1.29 is 4.74 Å². The SMILES string of the molecule is N=C(N)c1cc2ccccc2nc1OCc1cccs1. The third kappa shape index (κ3) is 2.48. The van der Waals surface area contributed by atoms with Gasteiger partial charge in [0.15, 0.2) is 0 Å². The van der Waals surface area contributed by atoms with Crippen molar-refractivity contribution >= 4 is 28.1 Å². The first kappa shape index (κ1) is 12.6. The number of aromatic nitrogens is 1. The lowest BCUT2D eigenvalue weighted by molar-refractivity contribution is 0.298. The lowest BCUT2D eigenvalue weighted by atomic mass is 10.1. The first-order valence-corrected chi connectivity index (χ1v) is 7.01. The minimum Gasteiger partial charge on any atom is -0.471 e. The molecule has 3 N–H and O–H groups in total. The molecule has 100 valence electrons. The number of nitrogens with zero attached hydrogens (tertiary/aromatic N) is 1. The molecule has 3 aromatic rings. The second kappa shape index (κ2) is 5.30. The Bertz CT molecular complexity index is 753. The van der Waals surface area contributed by atoms with Crippen LogP contribution in [0.4, 0.5) is 0 Å². The summed E-state index contributed by atoms with van der Waals surface area (Å²) in [4.78, 5) is 5.56. The standard InChI is InChI=1S/C15H13N3OS/c16-14(17)12-8-10-4-1-2-6-13(10)18-15(12)19-9-11-5-3-7-20-11/h1-8H,9H2,(H3,16,17). The number of thiophene rings is 1. The Balaban J connectivity index is 1.98. The smallest absolute Gasteiger partial charge is 0.225 e. The predicted octanol–water partition coefficient (Wildman–Crippen LogP) is 3.16. The van der Waals surface area contributed by atoms with Gasteiger partial charge in [0.2, 0.25) is 5.88 Å². The number of hydrogen-bond acceptors (Lipinski definition) is 4. The van der Waals surface area contributed by atoms with E-state index in [0.717, 1.165) is 15.8 Å². The van der Waals surface area contributed by atoms with Gasteiger partial charge in [0.05, 0.1) is 11.1 Å². The van der Waals surface area contributed by atoms with Crippen LogP contribution >= 0.6 is 11.3 Å². The fraction of sp³-hybridized carbons (Fsp3) is 0.0667. The van der Waals surface area contributed by atoms with Crippen LogP contribution in [0.15, 0.2) is 47.8 Å². The normalized spacial score (nSPS) is 10.6. The molecular weight excluding hydrogens is 270 g/mol. The Hall–Kier alpha value is -2.40. The molecule has 3 rings (SSSR count). The molecule has 0 aliphatic rings. The van der Waals surface area contributed by atoms with E-state index in [0.29, 0.717) is 18.1 Å². The zero-order chi connectivity index (χ0) is 13.9. The van der Waals surface area contributed by atoms with Crippen LogP contribution in [0.3, 0.4) is 0 Å². The molecule has 0 saturated heterocycles. The van der Waals surface area contributed by atoms with Crippen molar-refractivity contribution in [2.45, 2.75) is 6.61 Å². The van der Waals surface area contributed by atoms with E-state index in [1.165, 1.54) is 0 Å². The molecule has 0 aliphatic heterocycles. The lowest BCUT2D eigenvalue weighted by Crippen LogP contribution is -2.14. The van der Waals surface area contributed by atoms with Crippen LogP contribution in [0.1, 0.15) is 10.4 Å². The highest BCUT2D eigenvalue weighted by Gasteiger charge is 2.11. The number of fused-ring (bicyclic) bond motifs is 1. The van der Waals surface area contributed by atoms with Gasteiger partial charge < -0.3 is 10.5 Å². The largest absolute Gasteiger partial charge is 0.471 e. The number of benzene rings is 1. The number of nitrogens with two attached hydrogens (primary N) is 1. The fourth-order valence-electron chi connectivity index (χ4n) is 1.94. The molecule has 5 heteroatoms. The van der Waals surface area contributed by atoms with Crippen molar-refractivity contribution in [3.63, 3.8) is 0 Å². The second-order valence-electron chi connectivity index (χ2n) is 4.32. The van der Waals surface area contributed by atoms with Crippen LogP contribution in [0, 0.1) is 5.41 Å². The average molecular weight is 283 g/mol. The lowest BCUT2D eigenvalue weighted by Gasteiger charge is -2.10. The van der Waals surface area contributed by atoms with Gasteiger partial charge in [-0.05, 0) is 23.6 Å². The number of nitrogen functional groups attached to an aromatic ring is 1. The molecular formula is C15H13N3OS. The molecule has 0 saturated carbocycles. The summed E-state index contributed by atoms with van der Waals surface area (Å²) in [5.74, 6) is 0.369. The number of hydrogen-bond donors (Lipinski definition) is 2. The highest BCUT2D eigenvalue weighted by Crippen LogP contribution is 2.23. The topological polar surface area (TPSA) is 72.0 Å².